The molecule has 0 spiro atoms. The number of halogens is 1. The monoisotopic (exact) mass is 403 g/mol. The lowest BCUT2D eigenvalue weighted by atomic mass is 10.2. The van der Waals surface area contributed by atoms with Crippen LogP contribution in [0.15, 0.2) is 53.4 Å². The molecule has 1 amide bonds. The van der Waals surface area contributed by atoms with Crippen molar-refractivity contribution in [3.63, 3.8) is 0 Å². The molecule has 0 radical (unpaired) electrons. The summed E-state index contributed by atoms with van der Waals surface area (Å²) in [5.41, 5.74) is 2.35. The maximum absolute atomic E-state index is 12.2. The molecule has 6 heteroatoms. The quantitative estimate of drug-likeness (QED) is 0.565. The predicted octanol–water partition coefficient (Wildman–Crippen LogP) is 3.68. The van der Waals surface area contributed by atoms with Crippen molar-refractivity contribution in [3.05, 3.63) is 59.1 Å². The van der Waals surface area contributed by atoms with Gasteiger partial charge in [-0.3, -0.25) is 9.69 Å². The molecule has 1 N–H and O–H groups in total. The standard InChI is InChI=1S/C21H26ClN3OS/c1-17-6-8-18(9-7-17)27-15-10-23-21(26)16-24-11-13-25(14-12-24)20-5-3-2-4-19(20)22/h2-9H,10-16H2,1H3,(H,23,26). The second-order valence-corrected chi connectivity index (χ2v) is 8.30. The van der Waals surface area contributed by atoms with Crippen LogP contribution in [-0.4, -0.2) is 55.8 Å². The number of para-hydroxylation sites is 1. The first-order valence-corrected chi connectivity index (χ1v) is 10.7. The van der Waals surface area contributed by atoms with Crippen molar-refractivity contribution in [2.24, 2.45) is 0 Å². The molecule has 0 aliphatic carbocycles. The predicted molar refractivity (Wildman–Crippen MR) is 115 cm³/mol. The fourth-order valence-electron chi connectivity index (χ4n) is 3.11. The maximum Gasteiger partial charge on any atom is 0.234 e. The van der Waals surface area contributed by atoms with Crippen molar-refractivity contribution in [1.29, 1.82) is 0 Å². The minimum absolute atomic E-state index is 0.102. The molecule has 1 aliphatic rings. The molecule has 0 unspecified atom stereocenters. The van der Waals surface area contributed by atoms with Crippen LogP contribution in [-0.2, 0) is 4.79 Å². The smallest absolute Gasteiger partial charge is 0.234 e. The zero-order valence-electron chi connectivity index (χ0n) is 15.7. The molecule has 3 rings (SSSR count). The highest BCUT2D eigenvalue weighted by Gasteiger charge is 2.20. The van der Waals surface area contributed by atoms with Crippen LogP contribution in [0.1, 0.15) is 5.56 Å². The van der Waals surface area contributed by atoms with Gasteiger partial charge < -0.3 is 10.2 Å². The van der Waals surface area contributed by atoms with E-state index in [0.29, 0.717) is 13.1 Å². The van der Waals surface area contributed by atoms with Crippen molar-refractivity contribution in [2.75, 3.05) is 49.9 Å². The lowest BCUT2D eigenvalue weighted by molar-refractivity contribution is -0.122. The minimum atomic E-state index is 0.102. The molecule has 0 bridgehead atoms. The van der Waals surface area contributed by atoms with Gasteiger partial charge in [-0.1, -0.05) is 41.4 Å². The first-order valence-electron chi connectivity index (χ1n) is 9.30. The molecule has 144 valence electrons. The van der Waals surface area contributed by atoms with E-state index in [-0.39, 0.29) is 5.91 Å². The molecule has 0 saturated carbocycles. The molecule has 1 saturated heterocycles. The van der Waals surface area contributed by atoms with Gasteiger partial charge in [-0.15, -0.1) is 11.8 Å². The Hall–Kier alpha value is -1.69. The Labute approximate surface area is 170 Å². The Morgan fingerprint density at radius 1 is 1.07 bits per heavy atom. The van der Waals surface area contributed by atoms with Gasteiger partial charge in [-0.05, 0) is 31.2 Å². The zero-order valence-corrected chi connectivity index (χ0v) is 17.2. The van der Waals surface area contributed by atoms with Crippen LogP contribution < -0.4 is 10.2 Å². The number of anilines is 1. The number of hydrogen-bond donors (Lipinski definition) is 1. The lowest BCUT2D eigenvalue weighted by Crippen LogP contribution is -2.49. The molecule has 1 aliphatic heterocycles. The van der Waals surface area contributed by atoms with E-state index in [2.05, 4.69) is 52.4 Å². The van der Waals surface area contributed by atoms with Gasteiger partial charge >= 0.3 is 0 Å². The van der Waals surface area contributed by atoms with Crippen LogP contribution in [0, 0.1) is 6.92 Å². The average Bonchev–Trinajstić information content (AvgIpc) is 2.68. The van der Waals surface area contributed by atoms with E-state index >= 15 is 0 Å². The highest BCUT2D eigenvalue weighted by molar-refractivity contribution is 7.99. The van der Waals surface area contributed by atoms with Crippen LogP contribution in [0.5, 0.6) is 0 Å². The molecular formula is C21H26ClN3OS. The summed E-state index contributed by atoms with van der Waals surface area (Å²) in [6.07, 6.45) is 0. The fraction of sp³-hybridized carbons (Fsp3) is 0.381. The van der Waals surface area contributed by atoms with Crippen molar-refractivity contribution in [3.8, 4) is 0 Å². The number of piperazine rings is 1. The Bertz CT molecular complexity index is 745. The average molecular weight is 404 g/mol. The molecule has 0 atom stereocenters. The highest BCUT2D eigenvalue weighted by atomic mass is 35.5. The van der Waals surface area contributed by atoms with E-state index < -0.39 is 0 Å². The van der Waals surface area contributed by atoms with Gasteiger partial charge in [0.1, 0.15) is 0 Å². The van der Waals surface area contributed by atoms with Crippen LogP contribution in [0.4, 0.5) is 5.69 Å². The zero-order chi connectivity index (χ0) is 19.1. The van der Waals surface area contributed by atoms with E-state index in [0.717, 1.165) is 42.6 Å². The topological polar surface area (TPSA) is 35.6 Å². The van der Waals surface area contributed by atoms with Gasteiger partial charge in [-0.2, -0.15) is 0 Å². The third kappa shape index (κ3) is 6.16. The van der Waals surface area contributed by atoms with Crippen molar-refractivity contribution < 1.29 is 4.79 Å². The third-order valence-corrected chi connectivity index (χ3v) is 5.98. The van der Waals surface area contributed by atoms with Crippen molar-refractivity contribution >= 4 is 35.0 Å². The number of aryl methyl sites for hydroxylation is 1. The Morgan fingerprint density at radius 3 is 2.48 bits per heavy atom. The Kier molecular flexibility index (Phi) is 7.44. The molecular weight excluding hydrogens is 378 g/mol. The number of nitrogens with one attached hydrogen (secondary N) is 1. The van der Waals surface area contributed by atoms with E-state index in [1.165, 1.54) is 10.5 Å². The number of hydrogen-bond acceptors (Lipinski definition) is 4. The Morgan fingerprint density at radius 2 is 1.78 bits per heavy atom. The van der Waals surface area contributed by atoms with Crippen molar-refractivity contribution in [1.82, 2.24) is 10.2 Å². The highest BCUT2D eigenvalue weighted by Crippen LogP contribution is 2.25. The summed E-state index contributed by atoms with van der Waals surface area (Å²) in [6, 6.07) is 16.4. The number of rotatable bonds is 7. The van der Waals surface area contributed by atoms with Crippen LogP contribution in [0.2, 0.25) is 5.02 Å². The summed E-state index contributed by atoms with van der Waals surface area (Å²) in [7, 11) is 0. The summed E-state index contributed by atoms with van der Waals surface area (Å²) in [6.45, 7) is 6.76. The first-order chi connectivity index (χ1) is 13.1. The largest absolute Gasteiger partial charge is 0.368 e. The molecule has 2 aromatic rings. The van der Waals surface area contributed by atoms with E-state index in [4.69, 9.17) is 11.6 Å². The Balaban J connectivity index is 1.33. The molecule has 27 heavy (non-hydrogen) atoms. The first kappa shape index (κ1) is 20.1. The number of nitrogens with zero attached hydrogens (tertiary/aromatic N) is 2. The molecule has 1 fully saturated rings. The molecule has 4 nitrogen and oxygen atoms in total. The van der Waals surface area contributed by atoms with Gasteiger partial charge in [0.2, 0.25) is 5.91 Å². The second kappa shape index (κ2) is 10.0. The summed E-state index contributed by atoms with van der Waals surface area (Å²) >= 11 is 8.05. The van der Waals surface area contributed by atoms with Gasteiger partial charge in [0.15, 0.2) is 0 Å². The van der Waals surface area contributed by atoms with Gasteiger partial charge in [0, 0.05) is 43.4 Å². The number of benzene rings is 2. The van der Waals surface area contributed by atoms with E-state index in [1.807, 2.05) is 18.2 Å². The summed E-state index contributed by atoms with van der Waals surface area (Å²) < 4.78 is 0. The molecule has 0 aromatic heterocycles. The third-order valence-electron chi connectivity index (χ3n) is 4.65. The summed E-state index contributed by atoms with van der Waals surface area (Å²) in [4.78, 5) is 17.9. The van der Waals surface area contributed by atoms with Gasteiger partial charge in [-0.25, -0.2) is 0 Å². The van der Waals surface area contributed by atoms with Crippen LogP contribution in [0.25, 0.3) is 0 Å². The molecule has 1 heterocycles. The minimum Gasteiger partial charge on any atom is -0.368 e. The van der Waals surface area contributed by atoms with E-state index in [1.54, 1.807) is 11.8 Å². The van der Waals surface area contributed by atoms with Gasteiger partial charge in [0.05, 0.1) is 17.3 Å². The van der Waals surface area contributed by atoms with E-state index in [9.17, 15) is 4.79 Å². The van der Waals surface area contributed by atoms with Crippen LogP contribution in [0.3, 0.4) is 0 Å². The number of carbonyl (C=O) groups is 1. The normalized spacial score (nSPS) is 15.0. The SMILES string of the molecule is Cc1ccc(SCCNC(=O)CN2CCN(c3ccccc3Cl)CC2)cc1. The number of carbonyl (C=O) groups excluding carboxylic acids is 1. The second-order valence-electron chi connectivity index (χ2n) is 6.73. The lowest BCUT2D eigenvalue weighted by Gasteiger charge is -2.36. The number of thioether (sulfide) groups is 1. The fourth-order valence-corrected chi connectivity index (χ4v) is 4.13. The summed E-state index contributed by atoms with van der Waals surface area (Å²) in [5.74, 6) is 0.987. The summed E-state index contributed by atoms with van der Waals surface area (Å²) in [5, 5.41) is 3.81. The van der Waals surface area contributed by atoms with Crippen molar-refractivity contribution in [2.45, 2.75) is 11.8 Å². The molecule has 2 aromatic carbocycles. The van der Waals surface area contributed by atoms with Crippen LogP contribution >= 0.6 is 23.4 Å². The number of amides is 1. The maximum atomic E-state index is 12.2. The van der Waals surface area contributed by atoms with Gasteiger partial charge in [0.25, 0.3) is 0 Å².